The molecule has 2 heterocycles. The van der Waals surface area contributed by atoms with Crippen molar-refractivity contribution < 1.29 is 33.5 Å². The van der Waals surface area contributed by atoms with E-state index in [4.69, 9.17) is 0 Å². The molecule has 0 spiro atoms. The van der Waals surface area contributed by atoms with E-state index in [0.29, 0.717) is 42.3 Å². The van der Waals surface area contributed by atoms with Crippen LogP contribution in [0.15, 0.2) is 66.7 Å². The first kappa shape index (κ1) is 29.4. The van der Waals surface area contributed by atoms with Gasteiger partial charge in [0.15, 0.2) is 0 Å². The van der Waals surface area contributed by atoms with Gasteiger partial charge in [0.1, 0.15) is 12.1 Å². The SMILES string of the molecule is CC(=O)N1CC[C@H]2CC[C@@H](C(=O)N(C)c3ccccc3)N2C(=O)C(NC(=O)c2ccc3ccc(P(=O)(O)O)cc3c2)C1. The summed E-state index contributed by atoms with van der Waals surface area (Å²) >= 11 is 0. The Morgan fingerprint density at radius 3 is 2.36 bits per heavy atom. The fourth-order valence-electron chi connectivity index (χ4n) is 5.81. The zero-order chi connectivity index (χ0) is 30.2. The van der Waals surface area contributed by atoms with Gasteiger partial charge in [-0.25, -0.2) is 0 Å². The van der Waals surface area contributed by atoms with Crippen LogP contribution in [-0.2, 0) is 18.9 Å². The second-order valence-electron chi connectivity index (χ2n) is 10.8. The predicted octanol–water partition coefficient (Wildman–Crippen LogP) is 2.02. The Kier molecular flexibility index (Phi) is 8.19. The molecule has 0 aromatic heterocycles. The highest BCUT2D eigenvalue weighted by Crippen LogP contribution is 2.34. The van der Waals surface area contributed by atoms with E-state index in [1.165, 1.54) is 34.9 Å². The van der Waals surface area contributed by atoms with Crippen LogP contribution in [0.25, 0.3) is 10.8 Å². The average Bonchev–Trinajstić information content (AvgIpc) is 3.39. The van der Waals surface area contributed by atoms with Crippen molar-refractivity contribution in [2.75, 3.05) is 25.0 Å². The number of likely N-dealkylation sites (N-methyl/N-ethyl adjacent to an activating group) is 1. The minimum absolute atomic E-state index is 0.0471. The molecule has 2 fully saturated rings. The topological polar surface area (TPSA) is 148 Å². The fraction of sp³-hybridized carbons (Fsp3) is 0.333. The van der Waals surface area contributed by atoms with E-state index in [2.05, 4.69) is 5.32 Å². The molecule has 2 aliphatic rings. The van der Waals surface area contributed by atoms with E-state index in [9.17, 15) is 33.5 Å². The third kappa shape index (κ3) is 5.94. The summed E-state index contributed by atoms with van der Waals surface area (Å²) in [6, 6.07) is 16.0. The Labute approximate surface area is 243 Å². The van der Waals surface area contributed by atoms with Crippen molar-refractivity contribution in [3.63, 3.8) is 0 Å². The molecule has 3 aromatic carbocycles. The molecule has 11 nitrogen and oxygen atoms in total. The molecular formula is C30H33N4O7P. The summed E-state index contributed by atoms with van der Waals surface area (Å²) in [7, 11) is -2.82. The lowest BCUT2D eigenvalue weighted by atomic mass is 10.0. The molecule has 0 radical (unpaired) electrons. The fourth-order valence-corrected chi connectivity index (χ4v) is 6.39. The van der Waals surface area contributed by atoms with Crippen molar-refractivity contribution in [3.05, 3.63) is 72.3 Å². The minimum Gasteiger partial charge on any atom is -0.340 e. The molecule has 3 N–H and O–H groups in total. The van der Waals surface area contributed by atoms with Gasteiger partial charge in [0.2, 0.25) is 17.7 Å². The quantitative estimate of drug-likeness (QED) is 0.384. The first-order chi connectivity index (χ1) is 19.9. The third-order valence-electron chi connectivity index (χ3n) is 8.12. The Balaban J connectivity index is 1.42. The minimum atomic E-state index is -4.49. The highest BCUT2D eigenvalue weighted by molar-refractivity contribution is 7.60. The largest absolute Gasteiger partial charge is 0.356 e. The zero-order valence-corrected chi connectivity index (χ0v) is 24.2. The number of fused-ring (bicyclic) bond motifs is 2. The molecule has 3 aromatic rings. The van der Waals surface area contributed by atoms with E-state index in [0.717, 1.165) is 0 Å². The molecular weight excluding hydrogens is 559 g/mol. The zero-order valence-electron chi connectivity index (χ0n) is 23.3. The highest BCUT2D eigenvalue weighted by Gasteiger charge is 2.46. The number of nitrogens with zero attached hydrogens (tertiary/aromatic N) is 3. The van der Waals surface area contributed by atoms with Crippen LogP contribution in [0.3, 0.4) is 0 Å². The summed E-state index contributed by atoms with van der Waals surface area (Å²) in [6.45, 7) is 1.75. The molecule has 0 aliphatic carbocycles. The molecule has 4 amide bonds. The maximum atomic E-state index is 14.1. The monoisotopic (exact) mass is 592 g/mol. The van der Waals surface area contributed by atoms with Crippen LogP contribution in [0.4, 0.5) is 5.69 Å². The smallest absolute Gasteiger partial charge is 0.340 e. The number of para-hydroxylation sites is 1. The number of nitrogens with one attached hydrogen (secondary N) is 1. The number of hydrogen-bond donors (Lipinski definition) is 3. The van der Waals surface area contributed by atoms with Gasteiger partial charge in [-0.15, -0.1) is 0 Å². The standard InChI is InChI=1S/C30H33N4O7P/c1-19(35)33-15-14-24-11-13-27(30(38)32(2)23-6-4-3-5-7-23)34(24)29(37)26(18-33)31-28(36)21-9-8-20-10-12-25(42(39,40)41)17-22(20)16-21/h3-10,12,16-17,24,26-27H,11,13-15,18H2,1-2H3,(H,31,36)(H2,39,40,41)/t24-,26?,27+/m1/s1. The van der Waals surface area contributed by atoms with Crippen molar-refractivity contribution in [1.82, 2.24) is 15.1 Å². The van der Waals surface area contributed by atoms with Crippen molar-refractivity contribution in [3.8, 4) is 0 Å². The van der Waals surface area contributed by atoms with Gasteiger partial charge in [-0.3, -0.25) is 23.7 Å². The number of anilines is 1. The van der Waals surface area contributed by atoms with Crippen LogP contribution in [0, 0.1) is 0 Å². The van der Waals surface area contributed by atoms with Crippen molar-refractivity contribution in [2.45, 2.75) is 44.3 Å². The maximum absolute atomic E-state index is 14.1. The van der Waals surface area contributed by atoms with Gasteiger partial charge in [0.25, 0.3) is 5.91 Å². The normalized spacial score (nSPS) is 21.0. The number of benzene rings is 3. The molecule has 2 saturated heterocycles. The van der Waals surface area contributed by atoms with Crippen LogP contribution in [0.5, 0.6) is 0 Å². The molecule has 0 bridgehead atoms. The number of carbonyl (C=O) groups excluding carboxylic acids is 4. The first-order valence-corrected chi connectivity index (χ1v) is 15.4. The van der Waals surface area contributed by atoms with Gasteiger partial charge >= 0.3 is 7.60 Å². The Hall–Kier alpha value is -4.05. The molecule has 5 rings (SSSR count). The van der Waals surface area contributed by atoms with Crippen LogP contribution >= 0.6 is 7.60 Å². The van der Waals surface area contributed by atoms with Gasteiger partial charge < -0.3 is 29.8 Å². The molecule has 42 heavy (non-hydrogen) atoms. The highest BCUT2D eigenvalue weighted by atomic mass is 31.2. The van der Waals surface area contributed by atoms with Gasteiger partial charge in [-0.05, 0) is 66.4 Å². The van der Waals surface area contributed by atoms with Gasteiger partial charge in [0, 0.05) is 44.4 Å². The molecule has 2 aliphatic heterocycles. The van der Waals surface area contributed by atoms with E-state index in [-0.39, 0.29) is 35.3 Å². The van der Waals surface area contributed by atoms with E-state index in [1.807, 2.05) is 30.3 Å². The summed E-state index contributed by atoms with van der Waals surface area (Å²) in [5.41, 5.74) is 0.889. The Morgan fingerprint density at radius 1 is 0.952 bits per heavy atom. The first-order valence-electron chi connectivity index (χ1n) is 13.7. The van der Waals surface area contributed by atoms with Crippen LogP contribution in [-0.4, -0.2) is 81.5 Å². The lowest BCUT2D eigenvalue weighted by Gasteiger charge is -2.39. The third-order valence-corrected chi connectivity index (χ3v) is 9.07. The lowest BCUT2D eigenvalue weighted by molar-refractivity contribution is -0.144. The van der Waals surface area contributed by atoms with Crippen LogP contribution in [0.2, 0.25) is 0 Å². The number of amides is 4. The van der Waals surface area contributed by atoms with Crippen LogP contribution < -0.4 is 15.5 Å². The average molecular weight is 593 g/mol. The number of rotatable bonds is 5. The summed E-state index contributed by atoms with van der Waals surface area (Å²) in [5, 5.41) is 3.74. The van der Waals surface area contributed by atoms with E-state index < -0.39 is 31.5 Å². The maximum Gasteiger partial charge on any atom is 0.356 e. The van der Waals surface area contributed by atoms with Crippen molar-refractivity contribution in [2.24, 2.45) is 0 Å². The number of carbonyl (C=O) groups is 4. The molecule has 12 heteroatoms. The van der Waals surface area contributed by atoms with E-state index >= 15 is 0 Å². The van der Waals surface area contributed by atoms with E-state index in [1.54, 1.807) is 30.1 Å². The summed E-state index contributed by atoms with van der Waals surface area (Å²) < 4.78 is 11.7. The van der Waals surface area contributed by atoms with Crippen molar-refractivity contribution >= 4 is 53.0 Å². The second kappa shape index (κ2) is 11.7. The molecule has 1 unspecified atom stereocenters. The summed E-state index contributed by atoms with van der Waals surface area (Å²) in [4.78, 5) is 77.3. The summed E-state index contributed by atoms with van der Waals surface area (Å²) in [6.07, 6.45) is 1.60. The van der Waals surface area contributed by atoms with Crippen molar-refractivity contribution in [1.29, 1.82) is 0 Å². The number of hydrogen-bond acceptors (Lipinski definition) is 5. The lowest BCUT2D eigenvalue weighted by Crippen LogP contribution is -2.61. The second-order valence-corrected chi connectivity index (χ2v) is 12.4. The van der Waals surface area contributed by atoms with Crippen LogP contribution in [0.1, 0.15) is 36.5 Å². The Morgan fingerprint density at radius 2 is 1.67 bits per heavy atom. The molecule has 220 valence electrons. The predicted molar refractivity (Wildman–Crippen MR) is 157 cm³/mol. The summed E-state index contributed by atoms with van der Waals surface area (Å²) in [5.74, 6) is -1.45. The van der Waals surface area contributed by atoms with Gasteiger partial charge in [-0.2, -0.15) is 0 Å². The van der Waals surface area contributed by atoms with Gasteiger partial charge in [-0.1, -0.05) is 30.3 Å². The Bertz CT molecular complexity index is 1590. The van der Waals surface area contributed by atoms with Gasteiger partial charge in [0.05, 0.1) is 5.30 Å². The molecule has 3 atom stereocenters. The molecule has 0 saturated carbocycles.